The quantitative estimate of drug-likeness (QED) is 0.800. The smallest absolute Gasteiger partial charge is 0.101 e. The van der Waals surface area contributed by atoms with Crippen LogP contribution >= 0.6 is 0 Å². The highest BCUT2D eigenvalue weighted by Crippen LogP contribution is 2.27. The number of aromatic amines is 1. The van der Waals surface area contributed by atoms with E-state index in [1.807, 2.05) is 49.8 Å². The minimum Gasteiger partial charge on any atom is -0.393 e. The second kappa shape index (κ2) is 6.40. The number of hydrogen-bond donors (Lipinski definition) is 2. The van der Waals surface area contributed by atoms with Gasteiger partial charge in [0.25, 0.3) is 0 Å². The highest BCUT2D eigenvalue weighted by Gasteiger charge is 2.10. The van der Waals surface area contributed by atoms with E-state index in [4.69, 9.17) is 0 Å². The predicted octanol–water partition coefficient (Wildman–Crippen LogP) is 3.38. The van der Waals surface area contributed by atoms with Gasteiger partial charge in [-0.05, 0) is 5.56 Å². The summed E-state index contributed by atoms with van der Waals surface area (Å²) in [5.41, 5.74) is 4.14. The van der Waals surface area contributed by atoms with E-state index in [1.54, 1.807) is 6.08 Å². The van der Waals surface area contributed by atoms with Crippen molar-refractivity contribution in [1.82, 2.24) is 15.5 Å². The van der Waals surface area contributed by atoms with Gasteiger partial charge in [-0.1, -0.05) is 55.1 Å². The summed E-state index contributed by atoms with van der Waals surface area (Å²) in [6, 6.07) is 10.2. The first-order valence-corrected chi connectivity index (χ1v) is 6.13. The molecule has 0 aliphatic rings. The normalized spacial score (nSPS) is 11.7. The van der Waals surface area contributed by atoms with Gasteiger partial charge >= 0.3 is 0 Å². The van der Waals surface area contributed by atoms with Crippen molar-refractivity contribution >= 4 is 5.57 Å². The molecule has 3 heteroatoms. The van der Waals surface area contributed by atoms with Crippen LogP contribution in [-0.2, 0) is 0 Å². The Bertz CT molecular complexity index is 591. The van der Waals surface area contributed by atoms with Crippen LogP contribution in [0.1, 0.15) is 5.69 Å². The van der Waals surface area contributed by atoms with Gasteiger partial charge < -0.3 is 5.32 Å². The number of allylic oxidation sites excluding steroid dienone is 4. The lowest BCUT2D eigenvalue weighted by Gasteiger charge is -2.03. The molecule has 3 nitrogen and oxygen atoms in total. The lowest BCUT2D eigenvalue weighted by molar-refractivity contribution is 1.06. The summed E-state index contributed by atoms with van der Waals surface area (Å²) in [6.45, 7) is 3.69. The van der Waals surface area contributed by atoms with Crippen LogP contribution < -0.4 is 5.32 Å². The summed E-state index contributed by atoms with van der Waals surface area (Å²) >= 11 is 0. The van der Waals surface area contributed by atoms with Gasteiger partial charge in [0.05, 0.1) is 0 Å². The van der Waals surface area contributed by atoms with Crippen LogP contribution in [0, 0.1) is 0 Å². The number of H-pyrrole nitrogens is 1. The Kier molecular flexibility index (Phi) is 4.34. The van der Waals surface area contributed by atoms with Crippen molar-refractivity contribution in [1.29, 1.82) is 0 Å². The lowest BCUT2D eigenvalue weighted by atomic mass is 10.0. The van der Waals surface area contributed by atoms with Gasteiger partial charge in [0.2, 0.25) is 0 Å². The zero-order chi connectivity index (χ0) is 13.5. The second-order valence-electron chi connectivity index (χ2n) is 4.00. The lowest BCUT2D eigenvalue weighted by Crippen LogP contribution is -1.96. The average Bonchev–Trinajstić information content (AvgIpc) is 2.93. The number of rotatable bonds is 5. The first kappa shape index (κ1) is 12.9. The molecule has 1 heterocycles. The van der Waals surface area contributed by atoms with Crippen LogP contribution in [0.25, 0.3) is 16.7 Å². The molecule has 0 aliphatic carbocycles. The third-order valence-electron chi connectivity index (χ3n) is 2.71. The molecule has 1 aromatic heterocycles. The summed E-state index contributed by atoms with van der Waals surface area (Å²) in [4.78, 5) is 0. The Balaban J connectivity index is 2.46. The molecule has 2 aromatic rings. The molecule has 0 atom stereocenters. The van der Waals surface area contributed by atoms with E-state index >= 15 is 0 Å². The fourth-order valence-corrected chi connectivity index (χ4v) is 1.87. The minimum absolute atomic E-state index is 0.915. The highest BCUT2D eigenvalue weighted by atomic mass is 15.1. The van der Waals surface area contributed by atoms with Crippen LogP contribution in [0.4, 0.5) is 0 Å². The third-order valence-corrected chi connectivity index (χ3v) is 2.71. The van der Waals surface area contributed by atoms with E-state index in [0.717, 1.165) is 22.4 Å². The first-order chi connectivity index (χ1) is 9.36. The number of aromatic nitrogens is 2. The molecule has 0 unspecified atom stereocenters. The second-order valence-corrected chi connectivity index (χ2v) is 4.00. The summed E-state index contributed by atoms with van der Waals surface area (Å²) in [5, 5.41) is 10.3. The van der Waals surface area contributed by atoms with E-state index in [1.165, 1.54) is 0 Å². The molecule has 0 aliphatic heterocycles. The molecular weight excluding hydrogens is 234 g/mol. The standard InChI is InChI=1S/C16H17N3/c1-3-4-8-14(11-17-2)16-15(12-18-19-16)13-9-6-5-7-10-13/h3-12,17H,1H2,2H3,(H,18,19)/b8-4-,14-11+. The molecule has 0 saturated heterocycles. The summed E-state index contributed by atoms with van der Waals surface area (Å²) in [5.74, 6) is 0. The number of nitrogens with one attached hydrogen (secondary N) is 2. The fraction of sp³-hybridized carbons (Fsp3) is 0.0625. The van der Waals surface area contributed by atoms with Crippen molar-refractivity contribution in [2.24, 2.45) is 0 Å². The van der Waals surface area contributed by atoms with Crippen LogP contribution in [0.3, 0.4) is 0 Å². The highest BCUT2D eigenvalue weighted by molar-refractivity contribution is 5.83. The van der Waals surface area contributed by atoms with Gasteiger partial charge in [0.1, 0.15) is 5.69 Å². The van der Waals surface area contributed by atoms with E-state index in [-0.39, 0.29) is 0 Å². The van der Waals surface area contributed by atoms with Crippen LogP contribution in [-0.4, -0.2) is 17.2 Å². The Hall–Kier alpha value is -2.55. The zero-order valence-corrected chi connectivity index (χ0v) is 10.9. The Labute approximate surface area is 113 Å². The van der Waals surface area contributed by atoms with E-state index in [0.29, 0.717) is 0 Å². The topological polar surface area (TPSA) is 40.7 Å². The summed E-state index contributed by atoms with van der Waals surface area (Å²) < 4.78 is 0. The van der Waals surface area contributed by atoms with Gasteiger partial charge in [0, 0.05) is 30.6 Å². The van der Waals surface area contributed by atoms with Gasteiger partial charge in [-0.15, -0.1) is 0 Å². The average molecular weight is 251 g/mol. The van der Waals surface area contributed by atoms with E-state index < -0.39 is 0 Å². The summed E-state index contributed by atoms with van der Waals surface area (Å²) in [7, 11) is 1.87. The van der Waals surface area contributed by atoms with Crippen molar-refractivity contribution < 1.29 is 0 Å². The zero-order valence-electron chi connectivity index (χ0n) is 10.9. The van der Waals surface area contributed by atoms with Crippen LogP contribution in [0.2, 0.25) is 0 Å². The Morgan fingerprint density at radius 2 is 2.11 bits per heavy atom. The monoisotopic (exact) mass is 251 g/mol. The Morgan fingerprint density at radius 3 is 2.79 bits per heavy atom. The number of hydrogen-bond acceptors (Lipinski definition) is 2. The van der Waals surface area contributed by atoms with Crippen molar-refractivity contribution in [2.45, 2.75) is 0 Å². The van der Waals surface area contributed by atoms with Gasteiger partial charge in [-0.3, -0.25) is 5.10 Å². The SMILES string of the molecule is C=C/C=C\C(=C/NC)c1n[nH]cc1-c1ccccc1. The first-order valence-electron chi connectivity index (χ1n) is 6.13. The summed E-state index contributed by atoms with van der Waals surface area (Å²) in [6.07, 6.45) is 9.45. The molecule has 2 rings (SSSR count). The largest absolute Gasteiger partial charge is 0.393 e. The molecule has 19 heavy (non-hydrogen) atoms. The van der Waals surface area contributed by atoms with Crippen molar-refractivity contribution in [2.75, 3.05) is 7.05 Å². The van der Waals surface area contributed by atoms with E-state index in [2.05, 4.69) is 34.2 Å². The van der Waals surface area contributed by atoms with Gasteiger partial charge in [0.15, 0.2) is 0 Å². The maximum absolute atomic E-state index is 4.35. The maximum Gasteiger partial charge on any atom is 0.101 e. The van der Waals surface area contributed by atoms with Crippen molar-refractivity contribution in [3.8, 4) is 11.1 Å². The molecule has 0 amide bonds. The number of benzene rings is 1. The van der Waals surface area contributed by atoms with Crippen molar-refractivity contribution in [3.63, 3.8) is 0 Å². The van der Waals surface area contributed by atoms with Crippen LogP contribution in [0.5, 0.6) is 0 Å². The van der Waals surface area contributed by atoms with E-state index in [9.17, 15) is 0 Å². The maximum atomic E-state index is 4.35. The predicted molar refractivity (Wildman–Crippen MR) is 80.4 cm³/mol. The molecule has 2 N–H and O–H groups in total. The fourth-order valence-electron chi connectivity index (χ4n) is 1.87. The van der Waals surface area contributed by atoms with Crippen LogP contribution in [0.15, 0.2) is 67.5 Å². The molecule has 0 spiro atoms. The molecule has 0 radical (unpaired) electrons. The third kappa shape index (κ3) is 3.01. The molecular formula is C16H17N3. The van der Waals surface area contributed by atoms with Gasteiger partial charge in [-0.25, -0.2) is 0 Å². The molecule has 0 bridgehead atoms. The molecule has 0 fully saturated rings. The molecule has 1 aromatic carbocycles. The van der Waals surface area contributed by atoms with Gasteiger partial charge in [-0.2, -0.15) is 5.10 Å². The minimum atomic E-state index is 0.915. The Morgan fingerprint density at radius 1 is 1.32 bits per heavy atom. The van der Waals surface area contributed by atoms with Crippen molar-refractivity contribution in [3.05, 3.63) is 73.2 Å². The molecule has 0 saturated carbocycles. The number of nitrogens with zero attached hydrogens (tertiary/aromatic N) is 1. The molecule has 96 valence electrons.